The first-order chi connectivity index (χ1) is 10.3. The van der Waals surface area contributed by atoms with Crippen LogP contribution < -0.4 is 0 Å². The second-order valence-electron chi connectivity index (χ2n) is 4.89. The van der Waals surface area contributed by atoms with Crippen LogP contribution in [0.4, 0.5) is 0 Å². The molecule has 1 N–H and O–H groups in total. The maximum Gasteiger partial charge on any atom is 0.212 e. The third-order valence-electron chi connectivity index (χ3n) is 3.68. The first-order valence-corrected chi connectivity index (χ1v) is 6.59. The predicted octanol–water partition coefficient (Wildman–Crippen LogP) is 2.85. The standard InChI is InChI=1S/C17H10N2O2/c20-16-11-8-4-5-9-12(11)17(21)15-13(16)14(18-19-15)10-6-2-1-3-7-10/h1-9H,(H,18,19). The number of hydrogen-bond donors (Lipinski definition) is 1. The highest BCUT2D eigenvalue weighted by Crippen LogP contribution is 2.32. The number of carbonyl (C=O) groups excluding carboxylic acids is 2. The van der Waals surface area contributed by atoms with E-state index in [4.69, 9.17) is 0 Å². The molecule has 4 heteroatoms. The maximum absolute atomic E-state index is 12.7. The van der Waals surface area contributed by atoms with Crippen molar-refractivity contribution in [3.8, 4) is 11.3 Å². The van der Waals surface area contributed by atoms with Crippen LogP contribution in [0.3, 0.4) is 0 Å². The zero-order chi connectivity index (χ0) is 14.4. The van der Waals surface area contributed by atoms with Gasteiger partial charge in [-0.15, -0.1) is 0 Å². The molecule has 1 aliphatic rings. The van der Waals surface area contributed by atoms with Crippen molar-refractivity contribution in [2.24, 2.45) is 0 Å². The lowest BCUT2D eigenvalue weighted by Crippen LogP contribution is -2.20. The summed E-state index contributed by atoms with van der Waals surface area (Å²) in [6.07, 6.45) is 0. The zero-order valence-electron chi connectivity index (χ0n) is 11.0. The van der Waals surface area contributed by atoms with Crippen LogP contribution in [0.2, 0.25) is 0 Å². The van der Waals surface area contributed by atoms with Crippen molar-refractivity contribution < 1.29 is 9.59 Å². The Kier molecular flexibility index (Phi) is 2.38. The summed E-state index contributed by atoms with van der Waals surface area (Å²) in [7, 11) is 0. The summed E-state index contributed by atoms with van der Waals surface area (Å²) in [5, 5.41) is 6.91. The van der Waals surface area contributed by atoms with Crippen molar-refractivity contribution in [2.75, 3.05) is 0 Å². The molecule has 0 radical (unpaired) electrons. The largest absolute Gasteiger partial charge is 0.288 e. The van der Waals surface area contributed by atoms with Gasteiger partial charge in [0.1, 0.15) is 11.4 Å². The SMILES string of the molecule is O=C1c2ccccc2C(=O)c2c(-c3ccccc3)n[nH]c21. The molecule has 100 valence electrons. The van der Waals surface area contributed by atoms with Crippen LogP contribution in [-0.2, 0) is 0 Å². The average molecular weight is 274 g/mol. The molecule has 3 aromatic rings. The minimum Gasteiger partial charge on any atom is -0.288 e. The van der Waals surface area contributed by atoms with Gasteiger partial charge in [0.25, 0.3) is 0 Å². The molecule has 0 saturated carbocycles. The van der Waals surface area contributed by atoms with Crippen molar-refractivity contribution in [2.45, 2.75) is 0 Å². The second-order valence-corrected chi connectivity index (χ2v) is 4.89. The summed E-state index contributed by atoms with van der Waals surface area (Å²) in [6, 6.07) is 16.2. The van der Waals surface area contributed by atoms with Gasteiger partial charge >= 0.3 is 0 Å². The van der Waals surface area contributed by atoms with Crippen LogP contribution in [0, 0.1) is 0 Å². The van der Waals surface area contributed by atoms with E-state index in [1.165, 1.54) is 0 Å². The molecule has 0 bridgehead atoms. The Hall–Kier alpha value is -3.01. The molecule has 0 fully saturated rings. The molecular weight excluding hydrogens is 264 g/mol. The maximum atomic E-state index is 12.7. The van der Waals surface area contributed by atoms with Gasteiger partial charge in [-0.25, -0.2) is 0 Å². The van der Waals surface area contributed by atoms with Crippen LogP contribution in [0.15, 0.2) is 54.6 Å². The normalized spacial score (nSPS) is 13.0. The molecule has 4 rings (SSSR count). The van der Waals surface area contributed by atoms with E-state index in [1.54, 1.807) is 24.3 Å². The molecule has 0 spiro atoms. The van der Waals surface area contributed by atoms with Gasteiger partial charge in [-0.1, -0.05) is 54.6 Å². The van der Waals surface area contributed by atoms with Gasteiger partial charge in [0.2, 0.25) is 5.78 Å². The molecule has 0 unspecified atom stereocenters. The van der Waals surface area contributed by atoms with E-state index in [2.05, 4.69) is 10.2 Å². The van der Waals surface area contributed by atoms with Crippen molar-refractivity contribution >= 4 is 11.6 Å². The van der Waals surface area contributed by atoms with Crippen LogP contribution in [0.5, 0.6) is 0 Å². The predicted molar refractivity (Wildman–Crippen MR) is 77.3 cm³/mol. The smallest absolute Gasteiger partial charge is 0.212 e. The number of aromatic nitrogens is 2. The molecule has 2 aromatic carbocycles. The molecule has 1 aromatic heterocycles. The Labute approximate surface area is 120 Å². The summed E-state index contributed by atoms with van der Waals surface area (Å²) in [4.78, 5) is 25.2. The van der Waals surface area contributed by atoms with Gasteiger partial charge in [-0.3, -0.25) is 14.7 Å². The summed E-state index contributed by atoms with van der Waals surface area (Å²) >= 11 is 0. The van der Waals surface area contributed by atoms with E-state index in [-0.39, 0.29) is 17.3 Å². The topological polar surface area (TPSA) is 62.8 Å². The summed E-state index contributed by atoms with van der Waals surface area (Å²) in [5.41, 5.74) is 2.85. The molecule has 0 saturated heterocycles. The quantitative estimate of drug-likeness (QED) is 0.580. The van der Waals surface area contributed by atoms with Crippen LogP contribution in [0.25, 0.3) is 11.3 Å². The number of H-pyrrole nitrogens is 1. The lowest BCUT2D eigenvalue weighted by Gasteiger charge is -2.14. The van der Waals surface area contributed by atoms with Crippen LogP contribution in [0.1, 0.15) is 32.0 Å². The van der Waals surface area contributed by atoms with E-state index in [9.17, 15) is 9.59 Å². The van der Waals surface area contributed by atoms with E-state index in [1.807, 2.05) is 30.3 Å². The molecule has 1 heterocycles. The Bertz CT molecular complexity index is 879. The number of carbonyl (C=O) groups is 2. The number of nitrogens with one attached hydrogen (secondary N) is 1. The number of rotatable bonds is 1. The van der Waals surface area contributed by atoms with Crippen molar-refractivity contribution in [3.05, 3.63) is 77.0 Å². The minimum atomic E-state index is -0.185. The molecule has 4 nitrogen and oxygen atoms in total. The van der Waals surface area contributed by atoms with E-state index in [0.717, 1.165) is 5.56 Å². The van der Waals surface area contributed by atoms with Crippen LogP contribution in [-0.4, -0.2) is 21.8 Å². The van der Waals surface area contributed by atoms with E-state index in [0.29, 0.717) is 22.4 Å². The lowest BCUT2D eigenvalue weighted by atomic mass is 9.86. The summed E-state index contributed by atoms with van der Waals surface area (Å²) < 4.78 is 0. The highest BCUT2D eigenvalue weighted by Gasteiger charge is 2.34. The molecular formula is C17H10N2O2. The number of ketones is 2. The van der Waals surface area contributed by atoms with Crippen molar-refractivity contribution in [1.82, 2.24) is 10.2 Å². The van der Waals surface area contributed by atoms with E-state index >= 15 is 0 Å². The van der Waals surface area contributed by atoms with Crippen molar-refractivity contribution in [3.63, 3.8) is 0 Å². The Morgan fingerprint density at radius 3 is 2.10 bits per heavy atom. The van der Waals surface area contributed by atoms with Gasteiger partial charge in [-0.05, 0) is 0 Å². The number of hydrogen-bond acceptors (Lipinski definition) is 3. The zero-order valence-corrected chi connectivity index (χ0v) is 11.0. The van der Waals surface area contributed by atoms with Gasteiger partial charge in [0.15, 0.2) is 5.78 Å². The molecule has 0 aliphatic heterocycles. The second kappa shape index (κ2) is 4.24. The molecule has 0 amide bonds. The van der Waals surface area contributed by atoms with Gasteiger partial charge in [0.05, 0.1) is 5.56 Å². The fourth-order valence-electron chi connectivity index (χ4n) is 2.68. The van der Waals surface area contributed by atoms with Crippen LogP contribution >= 0.6 is 0 Å². The first kappa shape index (κ1) is 11.8. The molecule has 21 heavy (non-hydrogen) atoms. The monoisotopic (exact) mass is 274 g/mol. The number of aromatic amines is 1. The highest BCUT2D eigenvalue weighted by molar-refractivity contribution is 6.29. The highest BCUT2D eigenvalue weighted by atomic mass is 16.1. The fourth-order valence-corrected chi connectivity index (χ4v) is 2.68. The lowest BCUT2D eigenvalue weighted by molar-refractivity contribution is 0.0977. The minimum absolute atomic E-state index is 0.159. The molecule has 1 aliphatic carbocycles. The Morgan fingerprint density at radius 1 is 0.762 bits per heavy atom. The average Bonchev–Trinajstić information content (AvgIpc) is 2.99. The number of fused-ring (bicyclic) bond motifs is 2. The van der Waals surface area contributed by atoms with Crippen molar-refractivity contribution in [1.29, 1.82) is 0 Å². The van der Waals surface area contributed by atoms with Gasteiger partial charge < -0.3 is 0 Å². The Balaban J connectivity index is 1.98. The number of benzene rings is 2. The van der Waals surface area contributed by atoms with Gasteiger partial charge in [-0.2, -0.15) is 5.10 Å². The third-order valence-corrected chi connectivity index (χ3v) is 3.68. The summed E-state index contributed by atoms with van der Waals surface area (Å²) in [6.45, 7) is 0. The third kappa shape index (κ3) is 1.59. The fraction of sp³-hybridized carbons (Fsp3) is 0. The van der Waals surface area contributed by atoms with Gasteiger partial charge in [0, 0.05) is 16.7 Å². The summed E-state index contributed by atoms with van der Waals surface area (Å²) in [5.74, 6) is -0.345. The Morgan fingerprint density at radius 2 is 1.38 bits per heavy atom. The first-order valence-electron chi connectivity index (χ1n) is 6.59. The van der Waals surface area contributed by atoms with E-state index < -0.39 is 0 Å². The number of nitrogens with zero attached hydrogens (tertiary/aromatic N) is 1. The molecule has 0 atom stereocenters.